The van der Waals surface area contributed by atoms with Gasteiger partial charge in [0, 0.05) is 6.42 Å². The number of esters is 1. The summed E-state index contributed by atoms with van der Waals surface area (Å²) in [4.78, 5) is 26.4. The van der Waals surface area contributed by atoms with E-state index in [1.54, 1.807) is 6.92 Å². The van der Waals surface area contributed by atoms with Crippen LogP contribution in [0, 0.1) is 6.92 Å². The van der Waals surface area contributed by atoms with E-state index in [1.165, 1.54) is 11.5 Å². The molecule has 0 aliphatic carbocycles. The first-order chi connectivity index (χ1) is 9.17. The first-order valence-corrected chi connectivity index (χ1v) is 7.35. The van der Waals surface area contributed by atoms with Crippen LogP contribution in [-0.4, -0.2) is 28.2 Å². The van der Waals surface area contributed by atoms with Gasteiger partial charge in [-0.1, -0.05) is 12.8 Å². The zero-order valence-electron chi connectivity index (χ0n) is 11.4. The minimum Gasteiger partial charge on any atom is -0.466 e. The molecule has 0 saturated heterocycles. The zero-order valence-corrected chi connectivity index (χ0v) is 12.2. The van der Waals surface area contributed by atoms with Crippen molar-refractivity contribution in [1.82, 2.24) is 9.36 Å². The van der Waals surface area contributed by atoms with Crippen LogP contribution in [0.15, 0.2) is 0 Å². The number of aryl methyl sites for hydroxylation is 1. The van der Waals surface area contributed by atoms with Gasteiger partial charge < -0.3 is 9.53 Å². The largest absolute Gasteiger partial charge is 0.466 e. The van der Waals surface area contributed by atoms with Crippen molar-refractivity contribution in [3.63, 3.8) is 0 Å². The van der Waals surface area contributed by atoms with Gasteiger partial charge in [0.15, 0.2) is 0 Å². The summed E-state index contributed by atoms with van der Waals surface area (Å²) in [6.45, 7) is 4.06. The Hall–Kier alpha value is -1.30. The fourth-order valence-corrected chi connectivity index (χ4v) is 2.51. The van der Waals surface area contributed by atoms with Crippen LogP contribution in [-0.2, 0) is 14.3 Å². The molecule has 0 bridgehead atoms. The second-order valence-corrected chi connectivity index (χ2v) is 5.11. The number of unbranched alkanes of at least 4 members (excludes halogenated alkanes) is 2. The lowest BCUT2D eigenvalue weighted by atomic mass is 10.0. The number of aromatic nitrogens is 2. The Morgan fingerprint density at radius 1 is 1.42 bits per heavy atom. The van der Waals surface area contributed by atoms with E-state index in [1.807, 2.05) is 6.92 Å². The molecule has 0 aliphatic heterocycles. The SMILES string of the molecule is CCOC(=O)CCCCCC(C=O)c1nc(C)ns1. The van der Waals surface area contributed by atoms with Crippen LogP contribution >= 0.6 is 11.5 Å². The molecular weight excluding hydrogens is 264 g/mol. The van der Waals surface area contributed by atoms with Crippen LogP contribution in [0.1, 0.15) is 55.8 Å². The van der Waals surface area contributed by atoms with Gasteiger partial charge in [-0.25, -0.2) is 4.98 Å². The molecule has 0 saturated carbocycles. The molecule has 106 valence electrons. The van der Waals surface area contributed by atoms with Crippen LogP contribution in [0.3, 0.4) is 0 Å². The van der Waals surface area contributed by atoms with E-state index in [-0.39, 0.29) is 11.9 Å². The van der Waals surface area contributed by atoms with Crippen molar-refractivity contribution in [3.8, 4) is 0 Å². The number of carbonyl (C=O) groups is 2. The summed E-state index contributed by atoms with van der Waals surface area (Å²) in [5.74, 6) is 0.414. The van der Waals surface area contributed by atoms with Crippen LogP contribution in [0.5, 0.6) is 0 Å². The number of hydrogen-bond acceptors (Lipinski definition) is 6. The second kappa shape index (κ2) is 8.74. The summed E-state index contributed by atoms with van der Waals surface area (Å²) < 4.78 is 8.94. The molecule has 0 aliphatic rings. The predicted molar refractivity (Wildman–Crippen MR) is 73.2 cm³/mol. The molecule has 0 fully saturated rings. The van der Waals surface area contributed by atoms with Crippen molar-refractivity contribution in [2.24, 2.45) is 0 Å². The highest BCUT2D eigenvalue weighted by atomic mass is 32.1. The number of carbonyl (C=O) groups excluding carboxylic acids is 2. The molecule has 0 N–H and O–H groups in total. The summed E-state index contributed by atoms with van der Waals surface area (Å²) in [7, 11) is 0. The second-order valence-electron chi connectivity index (χ2n) is 4.33. The van der Waals surface area contributed by atoms with Crippen LogP contribution in [0.25, 0.3) is 0 Å². The van der Waals surface area contributed by atoms with Crippen LogP contribution in [0.4, 0.5) is 0 Å². The van der Waals surface area contributed by atoms with Gasteiger partial charge in [-0.2, -0.15) is 4.37 Å². The molecule has 1 aromatic heterocycles. The van der Waals surface area contributed by atoms with E-state index in [4.69, 9.17) is 4.74 Å². The molecule has 0 aromatic carbocycles. The van der Waals surface area contributed by atoms with Gasteiger partial charge in [-0.3, -0.25) is 4.79 Å². The van der Waals surface area contributed by atoms with E-state index >= 15 is 0 Å². The number of aldehydes is 1. The van der Waals surface area contributed by atoms with Gasteiger partial charge in [0.05, 0.1) is 12.5 Å². The normalized spacial score (nSPS) is 12.1. The average molecular weight is 284 g/mol. The third-order valence-corrected chi connectivity index (χ3v) is 3.66. The molecule has 1 rings (SSSR count). The molecule has 0 amide bonds. The first-order valence-electron chi connectivity index (χ1n) is 6.58. The Bertz CT molecular complexity index is 406. The Labute approximate surface area is 117 Å². The highest BCUT2D eigenvalue weighted by Crippen LogP contribution is 2.22. The average Bonchev–Trinajstić information content (AvgIpc) is 2.80. The van der Waals surface area contributed by atoms with Crippen molar-refractivity contribution >= 4 is 23.8 Å². The van der Waals surface area contributed by atoms with Crippen molar-refractivity contribution in [3.05, 3.63) is 10.8 Å². The summed E-state index contributed by atoms with van der Waals surface area (Å²) >= 11 is 1.29. The lowest BCUT2D eigenvalue weighted by Crippen LogP contribution is -2.04. The highest BCUT2D eigenvalue weighted by molar-refractivity contribution is 7.05. The lowest BCUT2D eigenvalue weighted by Gasteiger charge is -2.06. The Morgan fingerprint density at radius 3 is 2.79 bits per heavy atom. The number of hydrogen-bond donors (Lipinski definition) is 0. The van der Waals surface area contributed by atoms with Gasteiger partial charge in [0.25, 0.3) is 0 Å². The van der Waals surface area contributed by atoms with Gasteiger partial charge in [0.1, 0.15) is 17.1 Å². The predicted octanol–water partition coefficient (Wildman–Crippen LogP) is 2.64. The maximum atomic E-state index is 11.1. The molecule has 1 unspecified atom stereocenters. The van der Waals surface area contributed by atoms with E-state index in [0.717, 1.165) is 37.0 Å². The van der Waals surface area contributed by atoms with E-state index in [2.05, 4.69) is 9.36 Å². The maximum absolute atomic E-state index is 11.1. The van der Waals surface area contributed by atoms with Gasteiger partial charge >= 0.3 is 5.97 Å². The smallest absolute Gasteiger partial charge is 0.305 e. The summed E-state index contributed by atoms with van der Waals surface area (Å²) in [5, 5.41) is 0.790. The number of rotatable bonds is 9. The molecule has 19 heavy (non-hydrogen) atoms. The number of ether oxygens (including phenoxy) is 1. The van der Waals surface area contributed by atoms with Gasteiger partial charge in [0.2, 0.25) is 0 Å². The van der Waals surface area contributed by atoms with Crippen LogP contribution < -0.4 is 0 Å². The van der Waals surface area contributed by atoms with Gasteiger partial charge in [-0.15, -0.1) is 0 Å². The van der Waals surface area contributed by atoms with Crippen molar-refractivity contribution in [1.29, 1.82) is 0 Å². The van der Waals surface area contributed by atoms with Crippen molar-refractivity contribution < 1.29 is 14.3 Å². The Kier molecular flexibility index (Phi) is 7.25. The van der Waals surface area contributed by atoms with Crippen molar-refractivity contribution in [2.75, 3.05) is 6.61 Å². The summed E-state index contributed by atoms with van der Waals surface area (Å²) in [6.07, 6.45) is 4.78. The molecule has 1 aromatic rings. The van der Waals surface area contributed by atoms with E-state index in [9.17, 15) is 9.59 Å². The minimum absolute atomic E-state index is 0.144. The summed E-state index contributed by atoms with van der Waals surface area (Å²) in [6, 6.07) is 0. The minimum atomic E-state index is -0.159. The van der Waals surface area contributed by atoms with E-state index < -0.39 is 0 Å². The quantitative estimate of drug-likeness (QED) is 0.396. The molecule has 6 heteroatoms. The fraction of sp³-hybridized carbons (Fsp3) is 0.692. The molecule has 1 atom stereocenters. The standard InChI is InChI=1S/C13H20N2O3S/c1-3-18-12(17)8-6-4-5-7-11(9-16)13-14-10(2)15-19-13/h9,11H,3-8H2,1-2H3. The zero-order chi connectivity index (χ0) is 14.1. The Balaban J connectivity index is 2.20. The highest BCUT2D eigenvalue weighted by Gasteiger charge is 2.14. The first kappa shape index (κ1) is 15.8. The third kappa shape index (κ3) is 5.92. The monoisotopic (exact) mass is 284 g/mol. The van der Waals surface area contributed by atoms with E-state index in [0.29, 0.717) is 18.9 Å². The molecule has 1 heterocycles. The topological polar surface area (TPSA) is 69.2 Å². The van der Waals surface area contributed by atoms with Crippen molar-refractivity contribution in [2.45, 2.75) is 51.9 Å². The molecule has 0 radical (unpaired) electrons. The number of nitrogens with zero attached hydrogens (tertiary/aromatic N) is 2. The third-order valence-electron chi connectivity index (χ3n) is 2.73. The molecule has 0 spiro atoms. The summed E-state index contributed by atoms with van der Waals surface area (Å²) in [5.41, 5.74) is 0. The molecule has 5 nitrogen and oxygen atoms in total. The fourth-order valence-electron chi connectivity index (χ4n) is 1.76. The Morgan fingerprint density at radius 2 is 2.21 bits per heavy atom. The van der Waals surface area contributed by atoms with Gasteiger partial charge in [-0.05, 0) is 38.2 Å². The lowest BCUT2D eigenvalue weighted by molar-refractivity contribution is -0.143. The maximum Gasteiger partial charge on any atom is 0.305 e. The van der Waals surface area contributed by atoms with Crippen LogP contribution in [0.2, 0.25) is 0 Å². The molecular formula is C13H20N2O3S.